The number of aliphatic carboxylic acids is 1. The van der Waals surface area contributed by atoms with E-state index in [0.717, 1.165) is 22.6 Å². The maximum absolute atomic E-state index is 12.4. The maximum Gasteiger partial charge on any atom is 0.328 e. The lowest BCUT2D eigenvalue weighted by atomic mass is 10.0. The van der Waals surface area contributed by atoms with Crippen molar-refractivity contribution < 1.29 is 23.8 Å². The number of hydrogen-bond donors (Lipinski definition) is 1. The number of furan rings is 1. The number of morpholine rings is 1. The number of carboxylic acids is 1. The summed E-state index contributed by atoms with van der Waals surface area (Å²) < 4.78 is 11.0. The smallest absolute Gasteiger partial charge is 0.328 e. The third-order valence-corrected chi connectivity index (χ3v) is 4.36. The van der Waals surface area contributed by atoms with Crippen molar-refractivity contribution in [3.05, 3.63) is 47.7 Å². The van der Waals surface area contributed by atoms with Gasteiger partial charge < -0.3 is 19.2 Å². The van der Waals surface area contributed by atoms with Gasteiger partial charge in [-0.05, 0) is 48.8 Å². The molecule has 1 aromatic carbocycles. The molecule has 26 heavy (non-hydrogen) atoms. The minimum absolute atomic E-state index is 0.0148. The third-order valence-electron chi connectivity index (χ3n) is 4.36. The summed E-state index contributed by atoms with van der Waals surface area (Å²) in [6.07, 6.45) is 2.76. The lowest BCUT2D eigenvalue weighted by molar-refractivity contribution is -0.131. The van der Waals surface area contributed by atoms with E-state index in [2.05, 4.69) is 0 Å². The number of amides is 1. The predicted octanol–water partition coefficient (Wildman–Crippen LogP) is 3.18. The van der Waals surface area contributed by atoms with Crippen LogP contribution >= 0.6 is 0 Å². The Labute approximate surface area is 151 Å². The number of carbonyl (C=O) groups excluding carboxylic acids is 1. The number of nitrogens with zero attached hydrogens (tertiary/aromatic N) is 1. The van der Waals surface area contributed by atoms with Crippen LogP contribution in [-0.2, 0) is 14.3 Å². The molecule has 1 saturated heterocycles. The average molecular weight is 355 g/mol. The summed E-state index contributed by atoms with van der Waals surface area (Å²) in [5.74, 6) is -0.506. The zero-order valence-corrected chi connectivity index (χ0v) is 14.8. The Balaban J connectivity index is 1.84. The topological polar surface area (TPSA) is 80.0 Å². The minimum Gasteiger partial charge on any atom is -0.478 e. The van der Waals surface area contributed by atoms with Crippen molar-refractivity contribution in [3.8, 4) is 0 Å². The van der Waals surface area contributed by atoms with E-state index in [-0.39, 0.29) is 5.91 Å². The first-order chi connectivity index (χ1) is 12.4. The van der Waals surface area contributed by atoms with Gasteiger partial charge in [0.1, 0.15) is 11.3 Å². The number of rotatable bonds is 4. The third kappa shape index (κ3) is 4.03. The van der Waals surface area contributed by atoms with Crippen LogP contribution in [0.3, 0.4) is 0 Å². The molecule has 0 spiro atoms. The number of carbonyl (C=O) groups is 2. The number of ether oxygens (including phenoxy) is 1. The van der Waals surface area contributed by atoms with Crippen LogP contribution < -0.4 is 0 Å². The van der Waals surface area contributed by atoms with Gasteiger partial charge in [0.2, 0.25) is 5.91 Å². The second kappa shape index (κ2) is 7.58. The van der Waals surface area contributed by atoms with Crippen molar-refractivity contribution in [1.82, 2.24) is 4.90 Å². The standard InChI is InChI=1S/C20H21NO5/c1-13(9-19(22)21-5-7-25-8-6-21)15-3-4-17-16(11-15)12-18(26-17)14(2)10-20(23)24/h3-4,9-12H,5-8H2,1-2H3,(H,23,24). The molecule has 0 aliphatic carbocycles. The molecule has 6 heteroatoms. The van der Waals surface area contributed by atoms with Gasteiger partial charge in [0.25, 0.3) is 0 Å². The lowest BCUT2D eigenvalue weighted by Crippen LogP contribution is -2.39. The quantitative estimate of drug-likeness (QED) is 0.852. The molecule has 3 rings (SSSR count). The van der Waals surface area contributed by atoms with Crippen molar-refractivity contribution in [3.63, 3.8) is 0 Å². The van der Waals surface area contributed by atoms with Gasteiger partial charge in [-0.15, -0.1) is 0 Å². The molecule has 6 nitrogen and oxygen atoms in total. The Hall–Kier alpha value is -2.86. The van der Waals surface area contributed by atoms with E-state index in [0.29, 0.717) is 43.2 Å². The van der Waals surface area contributed by atoms with E-state index in [1.165, 1.54) is 0 Å². The molecule has 0 bridgehead atoms. The zero-order valence-electron chi connectivity index (χ0n) is 14.8. The number of hydrogen-bond acceptors (Lipinski definition) is 4. The van der Waals surface area contributed by atoms with Crippen LogP contribution in [0.15, 0.2) is 40.8 Å². The number of carboxylic acid groups (broad SMARTS) is 1. The van der Waals surface area contributed by atoms with Crippen LogP contribution in [0.4, 0.5) is 0 Å². The van der Waals surface area contributed by atoms with Crippen molar-refractivity contribution in [2.45, 2.75) is 13.8 Å². The first-order valence-electron chi connectivity index (χ1n) is 8.44. The zero-order chi connectivity index (χ0) is 18.7. The highest BCUT2D eigenvalue weighted by Gasteiger charge is 2.15. The second-order valence-corrected chi connectivity index (χ2v) is 6.29. The van der Waals surface area contributed by atoms with Crippen molar-refractivity contribution in [2.75, 3.05) is 26.3 Å². The fraction of sp³-hybridized carbons (Fsp3) is 0.300. The molecular weight excluding hydrogens is 334 g/mol. The highest BCUT2D eigenvalue weighted by atomic mass is 16.5. The Morgan fingerprint density at radius 3 is 2.50 bits per heavy atom. The van der Waals surface area contributed by atoms with Crippen LogP contribution in [0.25, 0.3) is 22.1 Å². The molecule has 1 aromatic heterocycles. The molecule has 0 saturated carbocycles. The normalized spacial score (nSPS) is 16.2. The molecule has 2 heterocycles. The first kappa shape index (κ1) is 17.9. The average Bonchev–Trinajstić information content (AvgIpc) is 3.05. The van der Waals surface area contributed by atoms with Crippen molar-refractivity contribution >= 4 is 34.0 Å². The molecule has 1 fully saturated rings. The van der Waals surface area contributed by atoms with Gasteiger partial charge in [-0.2, -0.15) is 0 Å². The fourth-order valence-corrected chi connectivity index (χ4v) is 2.88. The van der Waals surface area contributed by atoms with Crippen LogP contribution in [0.1, 0.15) is 25.2 Å². The summed E-state index contributed by atoms with van der Waals surface area (Å²) in [7, 11) is 0. The molecular formula is C20H21NO5. The highest BCUT2D eigenvalue weighted by molar-refractivity contribution is 5.96. The Morgan fingerprint density at radius 2 is 1.81 bits per heavy atom. The van der Waals surface area contributed by atoms with Crippen molar-refractivity contribution in [2.24, 2.45) is 0 Å². The molecule has 1 aliphatic heterocycles. The summed E-state index contributed by atoms with van der Waals surface area (Å²) >= 11 is 0. The van der Waals surface area contributed by atoms with Crippen LogP contribution in [0, 0.1) is 0 Å². The van der Waals surface area contributed by atoms with E-state index in [1.54, 1.807) is 17.9 Å². The largest absolute Gasteiger partial charge is 0.478 e. The molecule has 2 aromatic rings. The van der Waals surface area contributed by atoms with Gasteiger partial charge >= 0.3 is 5.97 Å². The number of allylic oxidation sites excluding steroid dienone is 2. The fourth-order valence-electron chi connectivity index (χ4n) is 2.88. The highest BCUT2D eigenvalue weighted by Crippen LogP contribution is 2.27. The van der Waals surface area contributed by atoms with Gasteiger partial charge in [-0.25, -0.2) is 4.79 Å². The minimum atomic E-state index is -1.01. The molecule has 0 atom stereocenters. The second-order valence-electron chi connectivity index (χ2n) is 6.29. The van der Waals surface area contributed by atoms with E-state index in [4.69, 9.17) is 14.3 Å². The first-order valence-corrected chi connectivity index (χ1v) is 8.44. The number of benzene rings is 1. The molecule has 0 radical (unpaired) electrons. The van der Waals surface area contributed by atoms with E-state index in [9.17, 15) is 9.59 Å². The Kier molecular flexibility index (Phi) is 5.23. The van der Waals surface area contributed by atoms with E-state index in [1.807, 2.05) is 31.2 Å². The SMILES string of the molecule is CC(=CC(=O)N1CCOCC1)c1ccc2oc(C(C)=CC(=O)O)cc2c1. The predicted molar refractivity (Wildman–Crippen MR) is 98.6 cm³/mol. The summed E-state index contributed by atoms with van der Waals surface area (Å²) in [5, 5.41) is 9.72. The van der Waals surface area contributed by atoms with Crippen molar-refractivity contribution in [1.29, 1.82) is 0 Å². The molecule has 136 valence electrons. The maximum atomic E-state index is 12.4. The molecule has 0 unspecified atom stereocenters. The molecule has 1 aliphatic rings. The molecule has 1 N–H and O–H groups in total. The summed E-state index contributed by atoms with van der Waals surface area (Å²) in [6.45, 7) is 5.97. The van der Waals surface area contributed by atoms with E-state index >= 15 is 0 Å². The summed E-state index contributed by atoms with van der Waals surface area (Å²) in [6, 6.07) is 7.47. The summed E-state index contributed by atoms with van der Waals surface area (Å²) in [5.41, 5.74) is 3.01. The lowest BCUT2D eigenvalue weighted by Gasteiger charge is -2.25. The Bertz CT molecular complexity index is 900. The van der Waals surface area contributed by atoms with Crippen LogP contribution in [0.2, 0.25) is 0 Å². The monoisotopic (exact) mass is 355 g/mol. The van der Waals surface area contributed by atoms with Gasteiger partial charge in [0.15, 0.2) is 0 Å². The van der Waals surface area contributed by atoms with E-state index < -0.39 is 5.97 Å². The molecule has 1 amide bonds. The van der Waals surface area contributed by atoms with Gasteiger partial charge in [-0.1, -0.05) is 6.07 Å². The summed E-state index contributed by atoms with van der Waals surface area (Å²) in [4.78, 5) is 24.9. The Morgan fingerprint density at radius 1 is 1.08 bits per heavy atom. The van der Waals surface area contributed by atoms with Crippen LogP contribution in [0.5, 0.6) is 0 Å². The number of fused-ring (bicyclic) bond motifs is 1. The van der Waals surface area contributed by atoms with Gasteiger partial charge in [0, 0.05) is 30.6 Å². The van der Waals surface area contributed by atoms with Crippen LogP contribution in [-0.4, -0.2) is 48.2 Å². The van der Waals surface area contributed by atoms with Gasteiger partial charge in [-0.3, -0.25) is 4.79 Å². The van der Waals surface area contributed by atoms with Gasteiger partial charge in [0.05, 0.1) is 13.2 Å².